The van der Waals surface area contributed by atoms with Crippen LogP contribution in [-0.2, 0) is 75.3 Å². The summed E-state index contributed by atoms with van der Waals surface area (Å²) < 4.78 is 21.6. The number of benzene rings is 2. The molecule has 88 heavy (non-hydrogen) atoms. The summed E-state index contributed by atoms with van der Waals surface area (Å²) in [5.41, 5.74) is 0.516. The van der Waals surface area contributed by atoms with Gasteiger partial charge in [0, 0.05) is 23.6 Å². The maximum atomic E-state index is 14.5. The van der Waals surface area contributed by atoms with Crippen LogP contribution >= 0.6 is 11.6 Å². The molecule has 1 fully saturated rings. The first-order chi connectivity index (χ1) is 41.5. The third-order valence-electron chi connectivity index (χ3n) is 13.8. The highest BCUT2D eigenvalue weighted by Crippen LogP contribution is 2.22. The maximum Gasteiger partial charge on any atom is 0.408 e. The Hall–Kier alpha value is -7.50. The van der Waals surface area contributed by atoms with Crippen LogP contribution in [0.5, 0.6) is 0 Å². The number of hydrogen-bond acceptors (Lipinski definition) is 15. The topological polar surface area (TPSA) is 333 Å². The molecule has 1 aliphatic rings. The molecule has 0 unspecified atom stereocenters. The zero-order valence-electron chi connectivity index (χ0n) is 53.1. The molecule has 9 amide bonds. The second-order valence-electron chi connectivity index (χ2n) is 24.5. The molecule has 0 heterocycles. The van der Waals surface area contributed by atoms with Gasteiger partial charge in [0.05, 0.1) is 0 Å². The van der Waals surface area contributed by atoms with Gasteiger partial charge in [0.15, 0.2) is 0 Å². The van der Waals surface area contributed by atoms with Crippen molar-refractivity contribution < 1.29 is 71.7 Å². The van der Waals surface area contributed by atoms with Gasteiger partial charge < -0.3 is 66.8 Å². The number of nitrogens with one attached hydrogen (secondary N) is 9. The molecule has 2 aromatic carbocycles. The molecule has 9 N–H and O–H groups in total. The van der Waals surface area contributed by atoms with Gasteiger partial charge >= 0.3 is 24.1 Å². The lowest BCUT2D eigenvalue weighted by Crippen LogP contribution is -2.60. The lowest BCUT2D eigenvalue weighted by Gasteiger charge is -2.28. The Balaban J connectivity index is 1.82. The van der Waals surface area contributed by atoms with Crippen LogP contribution < -0.4 is 47.9 Å². The summed E-state index contributed by atoms with van der Waals surface area (Å²) in [6.45, 7) is 18.2. The summed E-state index contributed by atoms with van der Waals surface area (Å²) in [4.78, 5) is 149. The second kappa shape index (κ2) is 38.7. The number of amides is 9. The molecule has 3 rings (SSSR count). The third-order valence-corrected chi connectivity index (χ3v) is 14.2. The minimum absolute atomic E-state index is 0.0361. The largest absolute Gasteiger partial charge is 0.462 e. The standard InChI is InChI=1S/C63H96ClN9O15/c1-38(2)32-49(71-55(77)42(8)68-62(84)88-63(9,10)11)58(80)67-41(7)54(76)69-48(29-30-52(74)87-45-25-16-13-17-26-45)57(79)72-51(34-40(5)6)60(82)73-50(33-39(3)4)59(81)70-47(56(78)66-35-53(75)85-36-43-22-14-12-15-23-43)28-20-21-31-65-61(83)86-37-44-24-18-19-27-46(44)64/h12,14-15,18-19,22-24,27,38-42,45,47-51H,13,16-17,20-21,25-26,28-37H2,1-11H3,(H,65,83)(H,66,78)(H,67,80)(H,68,84)(H,69,76)(H,70,81)(H,71,77)(H,72,79)(H,73,82)/t41-,42-,47-,48-,49-,50-,51-/m0/s1. The number of esters is 2. The van der Waals surface area contributed by atoms with Crippen LogP contribution in [0, 0.1) is 17.8 Å². The molecule has 1 saturated carbocycles. The summed E-state index contributed by atoms with van der Waals surface area (Å²) in [5, 5.41) is 24.2. The first kappa shape index (κ1) is 74.8. The van der Waals surface area contributed by atoms with E-state index in [0.29, 0.717) is 36.3 Å². The fourth-order valence-corrected chi connectivity index (χ4v) is 9.41. The fourth-order valence-electron chi connectivity index (χ4n) is 9.22. The number of halogens is 1. The molecule has 0 bridgehead atoms. The minimum Gasteiger partial charge on any atom is -0.462 e. The van der Waals surface area contributed by atoms with E-state index in [4.69, 9.17) is 30.5 Å². The van der Waals surface area contributed by atoms with E-state index in [-0.39, 0.29) is 82.1 Å². The lowest BCUT2D eigenvalue weighted by molar-refractivity contribution is -0.151. The molecule has 0 saturated heterocycles. The Morgan fingerprint density at radius 1 is 0.500 bits per heavy atom. The second-order valence-corrected chi connectivity index (χ2v) is 24.9. The summed E-state index contributed by atoms with van der Waals surface area (Å²) in [7, 11) is 0. The van der Waals surface area contributed by atoms with E-state index in [1.54, 1.807) is 69.3 Å². The number of carbonyl (C=O) groups excluding carboxylic acids is 11. The SMILES string of the molecule is CC(C)C[C@H](NC(=O)[C@H](C)NC(=O)OC(C)(C)C)C(=O)N[C@@H](C)C(=O)N[C@@H](CCC(=O)OC1CCCCC1)C(=O)N[C@@H](CC(C)C)C(=O)N[C@@H](CC(C)C)C(=O)N[C@@H](CCCCNC(=O)OCc1ccccc1Cl)C(=O)NCC(=O)OCc1ccccc1. The highest BCUT2D eigenvalue weighted by molar-refractivity contribution is 6.31. The van der Waals surface area contributed by atoms with E-state index in [1.165, 1.54) is 13.8 Å². The monoisotopic (exact) mass is 1250 g/mol. The van der Waals surface area contributed by atoms with Crippen LogP contribution in [-0.4, -0.2) is 133 Å². The third kappa shape index (κ3) is 30.4. The average Bonchev–Trinajstić information content (AvgIpc) is 2.96. The highest BCUT2D eigenvalue weighted by Gasteiger charge is 2.35. The van der Waals surface area contributed by atoms with Crippen LogP contribution in [0.3, 0.4) is 0 Å². The summed E-state index contributed by atoms with van der Waals surface area (Å²) >= 11 is 6.19. The van der Waals surface area contributed by atoms with Crippen LogP contribution in [0.1, 0.15) is 171 Å². The van der Waals surface area contributed by atoms with E-state index in [2.05, 4.69) is 47.9 Å². The van der Waals surface area contributed by atoms with Crippen molar-refractivity contribution in [1.82, 2.24) is 47.9 Å². The van der Waals surface area contributed by atoms with E-state index in [9.17, 15) is 52.7 Å². The van der Waals surface area contributed by atoms with Gasteiger partial charge in [0.25, 0.3) is 0 Å². The number of rotatable bonds is 35. The van der Waals surface area contributed by atoms with Crippen molar-refractivity contribution in [2.45, 2.75) is 227 Å². The van der Waals surface area contributed by atoms with Crippen molar-refractivity contribution in [3.8, 4) is 0 Å². The first-order valence-corrected chi connectivity index (χ1v) is 31.0. The van der Waals surface area contributed by atoms with Crippen LogP contribution in [0.2, 0.25) is 5.02 Å². The molecule has 1 aliphatic carbocycles. The number of unbranched alkanes of at least 4 members (excludes halogenated alkanes) is 1. The molecule has 25 heteroatoms. The van der Waals surface area contributed by atoms with Crippen LogP contribution in [0.15, 0.2) is 54.6 Å². The van der Waals surface area contributed by atoms with Gasteiger partial charge in [0.1, 0.15) is 73.8 Å². The lowest BCUT2D eigenvalue weighted by atomic mass is 9.98. The zero-order chi connectivity index (χ0) is 65.5. The van der Waals surface area contributed by atoms with Crippen molar-refractivity contribution >= 4 is 77.1 Å². The van der Waals surface area contributed by atoms with E-state index >= 15 is 0 Å². The highest BCUT2D eigenvalue weighted by atomic mass is 35.5. The molecular formula is C63H96ClN9O15. The number of ether oxygens (including phenoxy) is 4. The summed E-state index contributed by atoms with van der Waals surface area (Å²) in [6.07, 6.45) is 2.71. The number of carbonyl (C=O) groups is 11. The van der Waals surface area contributed by atoms with Crippen molar-refractivity contribution in [3.63, 3.8) is 0 Å². The Morgan fingerprint density at radius 2 is 0.989 bits per heavy atom. The normalized spacial score (nSPS) is 14.9. The molecule has 7 atom stereocenters. The number of alkyl carbamates (subject to hydrolysis) is 2. The molecule has 2 aromatic rings. The van der Waals surface area contributed by atoms with Gasteiger partial charge in [-0.25, -0.2) is 9.59 Å². The molecule has 0 aliphatic heterocycles. The van der Waals surface area contributed by atoms with Crippen LogP contribution in [0.25, 0.3) is 0 Å². The van der Waals surface area contributed by atoms with Gasteiger partial charge in [-0.05, 0) is 135 Å². The molecule has 24 nitrogen and oxygen atoms in total. The molecule has 490 valence electrons. The smallest absolute Gasteiger partial charge is 0.408 e. The molecule has 0 spiro atoms. The molecular weight excluding hydrogens is 1160 g/mol. The van der Waals surface area contributed by atoms with Gasteiger partial charge in [-0.2, -0.15) is 0 Å². The van der Waals surface area contributed by atoms with E-state index in [0.717, 1.165) is 24.8 Å². The summed E-state index contributed by atoms with van der Waals surface area (Å²) in [6, 6.07) is 7.01. The Kier molecular flexibility index (Phi) is 32.9. The maximum absolute atomic E-state index is 14.5. The molecule has 0 radical (unpaired) electrons. The van der Waals surface area contributed by atoms with E-state index < -0.39 is 120 Å². The Morgan fingerprint density at radius 3 is 1.55 bits per heavy atom. The quantitative estimate of drug-likeness (QED) is 0.0210. The minimum atomic E-state index is -1.46. The van der Waals surface area contributed by atoms with Gasteiger partial charge in [-0.1, -0.05) is 108 Å². The summed E-state index contributed by atoms with van der Waals surface area (Å²) in [5.74, 6) is -7.21. The van der Waals surface area contributed by atoms with Crippen molar-refractivity contribution in [3.05, 3.63) is 70.7 Å². The van der Waals surface area contributed by atoms with Crippen molar-refractivity contribution in [2.24, 2.45) is 17.8 Å². The predicted octanol–water partition coefficient (Wildman–Crippen LogP) is 6.23. The van der Waals surface area contributed by atoms with E-state index in [1.807, 2.05) is 47.6 Å². The molecule has 0 aromatic heterocycles. The average molecular weight is 1250 g/mol. The Bertz CT molecular complexity index is 2610. The van der Waals surface area contributed by atoms with Crippen molar-refractivity contribution in [1.29, 1.82) is 0 Å². The van der Waals surface area contributed by atoms with Gasteiger partial charge in [0.2, 0.25) is 41.4 Å². The van der Waals surface area contributed by atoms with Crippen LogP contribution in [0.4, 0.5) is 9.59 Å². The van der Waals surface area contributed by atoms with Gasteiger partial charge in [-0.3, -0.25) is 43.2 Å². The fraction of sp³-hybridized carbons (Fsp3) is 0.635. The first-order valence-electron chi connectivity index (χ1n) is 30.6. The van der Waals surface area contributed by atoms with Crippen molar-refractivity contribution in [2.75, 3.05) is 13.1 Å². The predicted molar refractivity (Wildman–Crippen MR) is 329 cm³/mol. The Labute approximate surface area is 523 Å². The zero-order valence-corrected chi connectivity index (χ0v) is 53.8. The number of hydrogen-bond donors (Lipinski definition) is 9. The van der Waals surface area contributed by atoms with Gasteiger partial charge in [-0.15, -0.1) is 0 Å².